The summed E-state index contributed by atoms with van der Waals surface area (Å²) < 4.78 is 11.2. The fourth-order valence-electron chi connectivity index (χ4n) is 3.37. The monoisotopic (exact) mass is 365 g/mol. The van der Waals surface area contributed by atoms with Gasteiger partial charge in [0.15, 0.2) is 0 Å². The summed E-state index contributed by atoms with van der Waals surface area (Å²) in [4.78, 5) is 0. The molecule has 1 N–H and O–H groups in total. The maximum Gasteiger partial charge on any atom is 0.145 e. The average Bonchev–Trinajstić information content (AvgIpc) is 3.32. The predicted octanol–water partition coefficient (Wildman–Crippen LogP) is 2.71. The van der Waals surface area contributed by atoms with Gasteiger partial charge >= 0.3 is 0 Å². The molecular weight excluding hydrogens is 342 g/mol. The van der Waals surface area contributed by atoms with Gasteiger partial charge in [-0.05, 0) is 19.9 Å². The van der Waals surface area contributed by atoms with Crippen LogP contribution in [0.1, 0.15) is 17.0 Å². The van der Waals surface area contributed by atoms with Crippen molar-refractivity contribution in [1.29, 1.82) is 0 Å². The molecule has 8 nitrogen and oxygen atoms in total. The molecule has 4 aromatic heterocycles. The highest BCUT2D eigenvalue weighted by atomic mass is 16.5. The molecule has 0 amide bonds. The second kappa shape index (κ2) is 6.46. The minimum atomic E-state index is 0.638. The number of fused-ring (bicyclic) bond motifs is 1. The van der Waals surface area contributed by atoms with E-state index >= 15 is 0 Å². The summed E-state index contributed by atoms with van der Waals surface area (Å²) in [6.45, 7) is 4.70. The van der Waals surface area contributed by atoms with Crippen molar-refractivity contribution in [2.45, 2.75) is 20.4 Å². The number of hydrogen-bond donors (Lipinski definition) is 1. The molecule has 0 aliphatic heterocycles. The number of rotatable bonds is 5. The first kappa shape index (κ1) is 17.1. The summed E-state index contributed by atoms with van der Waals surface area (Å²) in [5.41, 5.74) is 7.20. The van der Waals surface area contributed by atoms with Gasteiger partial charge in [0.1, 0.15) is 11.3 Å². The molecule has 0 radical (unpaired) electrons. The second-order valence-corrected chi connectivity index (χ2v) is 6.69. The molecule has 0 spiro atoms. The first-order valence-corrected chi connectivity index (χ1v) is 8.75. The van der Waals surface area contributed by atoms with E-state index in [9.17, 15) is 0 Å². The van der Waals surface area contributed by atoms with Crippen molar-refractivity contribution < 1.29 is 4.74 Å². The zero-order valence-corrected chi connectivity index (χ0v) is 16.2. The molecule has 0 fully saturated rings. The summed E-state index contributed by atoms with van der Waals surface area (Å²) in [7, 11) is 5.53. The zero-order valence-electron chi connectivity index (χ0n) is 16.2. The van der Waals surface area contributed by atoms with E-state index in [0.29, 0.717) is 6.54 Å². The van der Waals surface area contributed by atoms with Gasteiger partial charge in [-0.1, -0.05) is 0 Å². The molecular formula is C19H23N7O. The highest BCUT2D eigenvalue weighted by molar-refractivity contribution is 5.73. The lowest BCUT2D eigenvalue weighted by atomic mass is 10.1. The molecule has 0 unspecified atom stereocenters. The molecule has 0 saturated heterocycles. The van der Waals surface area contributed by atoms with Gasteiger partial charge in [-0.3, -0.25) is 9.36 Å². The van der Waals surface area contributed by atoms with Crippen LogP contribution in [0, 0.1) is 13.8 Å². The lowest BCUT2D eigenvalue weighted by molar-refractivity contribution is 0.417. The number of hydrogen-bond acceptors (Lipinski definition) is 5. The average molecular weight is 365 g/mol. The van der Waals surface area contributed by atoms with Crippen molar-refractivity contribution in [2.75, 3.05) is 12.4 Å². The third-order valence-electron chi connectivity index (χ3n) is 4.88. The van der Waals surface area contributed by atoms with Crippen molar-refractivity contribution >= 4 is 11.2 Å². The van der Waals surface area contributed by atoms with Crippen LogP contribution in [0.2, 0.25) is 0 Å². The highest BCUT2D eigenvalue weighted by Crippen LogP contribution is 2.30. The van der Waals surface area contributed by atoms with E-state index in [0.717, 1.165) is 45.0 Å². The van der Waals surface area contributed by atoms with E-state index in [2.05, 4.69) is 27.5 Å². The number of aromatic nitrogens is 6. The number of nitrogens with one attached hydrogen (secondary N) is 1. The Morgan fingerprint density at radius 2 is 1.89 bits per heavy atom. The number of aryl methyl sites for hydroxylation is 3. The summed E-state index contributed by atoms with van der Waals surface area (Å²) in [5, 5.41) is 16.7. The number of ether oxygens (including phenoxy) is 1. The molecule has 0 atom stereocenters. The number of nitrogens with zero attached hydrogens (tertiary/aromatic N) is 6. The van der Waals surface area contributed by atoms with E-state index in [4.69, 9.17) is 4.74 Å². The zero-order chi connectivity index (χ0) is 19.1. The first-order chi connectivity index (χ1) is 13.0. The van der Waals surface area contributed by atoms with Crippen LogP contribution in [0.5, 0.6) is 5.75 Å². The van der Waals surface area contributed by atoms with Gasteiger partial charge in [-0.15, -0.1) is 0 Å². The van der Waals surface area contributed by atoms with Gasteiger partial charge in [0.05, 0.1) is 36.6 Å². The van der Waals surface area contributed by atoms with Crippen LogP contribution in [-0.2, 0) is 20.6 Å². The number of pyridine rings is 1. The minimum Gasteiger partial charge on any atom is -0.494 e. The van der Waals surface area contributed by atoms with Crippen LogP contribution >= 0.6 is 0 Å². The van der Waals surface area contributed by atoms with Gasteiger partial charge < -0.3 is 10.1 Å². The maximum absolute atomic E-state index is 5.67. The molecule has 8 heteroatoms. The molecule has 0 saturated carbocycles. The van der Waals surface area contributed by atoms with Gasteiger partial charge in [-0.2, -0.15) is 15.3 Å². The Morgan fingerprint density at radius 3 is 2.52 bits per heavy atom. The van der Waals surface area contributed by atoms with E-state index in [1.54, 1.807) is 11.8 Å². The lowest BCUT2D eigenvalue weighted by Gasteiger charge is -2.10. The van der Waals surface area contributed by atoms with Crippen molar-refractivity contribution in [2.24, 2.45) is 14.1 Å². The van der Waals surface area contributed by atoms with Crippen molar-refractivity contribution in [3.05, 3.63) is 47.8 Å². The number of anilines is 1. The Morgan fingerprint density at radius 1 is 1.07 bits per heavy atom. The Kier molecular flexibility index (Phi) is 4.10. The Balaban J connectivity index is 1.70. The summed E-state index contributed by atoms with van der Waals surface area (Å²) in [6.07, 6.45) is 7.68. The van der Waals surface area contributed by atoms with Crippen molar-refractivity contribution in [3.63, 3.8) is 0 Å². The first-order valence-electron chi connectivity index (χ1n) is 8.75. The van der Waals surface area contributed by atoms with Crippen molar-refractivity contribution in [1.82, 2.24) is 29.2 Å². The largest absolute Gasteiger partial charge is 0.494 e. The van der Waals surface area contributed by atoms with Gasteiger partial charge in [-0.25, -0.2) is 4.52 Å². The van der Waals surface area contributed by atoms with Crippen LogP contribution in [0.4, 0.5) is 5.69 Å². The molecule has 4 rings (SSSR count). The van der Waals surface area contributed by atoms with Crippen LogP contribution < -0.4 is 10.1 Å². The molecule has 0 aliphatic rings. The van der Waals surface area contributed by atoms with E-state index < -0.39 is 0 Å². The number of methoxy groups -OCH3 is 1. The van der Waals surface area contributed by atoms with E-state index in [-0.39, 0.29) is 0 Å². The van der Waals surface area contributed by atoms with Crippen LogP contribution in [0.3, 0.4) is 0 Å². The third kappa shape index (κ3) is 2.92. The highest BCUT2D eigenvalue weighted by Gasteiger charge is 2.15. The predicted molar refractivity (Wildman–Crippen MR) is 104 cm³/mol. The Bertz CT molecular complexity index is 1120. The topological polar surface area (TPSA) is 74.2 Å². The molecule has 4 heterocycles. The summed E-state index contributed by atoms with van der Waals surface area (Å²) in [6, 6.07) is 2.03. The fourth-order valence-corrected chi connectivity index (χ4v) is 3.37. The molecule has 0 aliphatic carbocycles. The van der Waals surface area contributed by atoms with Gasteiger partial charge in [0, 0.05) is 49.7 Å². The standard InChI is InChI=1S/C19H23N7O/c1-12-18(13(2)25(4)23-12)20-7-15-8-22-26-11-14(6-17(27-5)19(15)26)16-9-21-24(3)10-16/h6,8-11,20H,7H2,1-5H3. The molecule has 0 aromatic carbocycles. The van der Waals surface area contributed by atoms with Crippen LogP contribution in [0.15, 0.2) is 30.9 Å². The molecule has 0 bridgehead atoms. The Hall–Kier alpha value is -3.29. The van der Waals surface area contributed by atoms with Crippen molar-refractivity contribution in [3.8, 4) is 16.9 Å². The Labute approximate surface area is 157 Å². The van der Waals surface area contributed by atoms with Gasteiger partial charge in [0.25, 0.3) is 0 Å². The summed E-state index contributed by atoms with van der Waals surface area (Å²) in [5.74, 6) is 0.783. The fraction of sp³-hybridized carbons (Fsp3) is 0.316. The SMILES string of the molecule is COc1cc(-c2cnn(C)c2)cn2ncc(CNc3c(C)nn(C)c3C)c12. The molecule has 140 valence electrons. The maximum atomic E-state index is 5.67. The minimum absolute atomic E-state index is 0.638. The smallest absolute Gasteiger partial charge is 0.145 e. The summed E-state index contributed by atoms with van der Waals surface area (Å²) >= 11 is 0. The second-order valence-electron chi connectivity index (χ2n) is 6.69. The third-order valence-corrected chi connectivity index (χ3v) is 4.88. The normalized spacial score (nSPS) is 11.3. The van der Waals surface area contributed by atoms with Crippen LogP contribution in [0.25, 0.3) is 16.6 Å². The lowest BCUT2D eigenvalue weighted by Crippen LogP contribution is -2.02. The molecule has 4 aromatic rings. The van der Waals surface area contributed by atoms with Gasteiger partial charge in [0.2, 0.25) is 0 Å². The van der Waals surface area contributed by atoms with E-state index in [1.165, 1.54) is 0 Å². The quantitative estimate of drug-likeness (QED) is 0.589. The van der Waals surface area contributed by atoms with E-state index in [1.807, 2.05) is 61.1 Å². The van der Waals surface area contributed by atoms with Crippen LogP contribution in [-0.4, -0.2) is 36.3 Å². The molecule has 27 heavy (non-hydrogen) atoms.